The summed E-state index contributed by atoms with van der Waals surface area (Å²) in [6, 6.07) is 2.11. The van der Waals surface area contributed by atoms with Gasteiger partial charge < -0.3 is 9.88 Å². The standard InChI is InChI=1S/C10H14BrN3O3S/c11-7-5-9(14(6-7)8-1-2-8)10(15)13-3-4-18(12,16)17/h5-6,8H,1-4H2,(H,13,15)(H2,12,16,17). The van der Waals surface area contributed by atoms with Crippen LogP contribution in [-0.4, -0.2) is 31.2 Å². The lowest BCUT2D eigenvalue weighted by atomic mass is 10.4. The zero-order chi connectivity index (χ0) is 13.3. The van der Waals surface area contributed by atoms with Crippen molar-refractivity contribution in [2.75, 3.05) is 12.3 Å². The van der Waals surface area contributed by atoms with Crippen molar-refractivity contribution in [1.29, 1.82) is 0 Å². The van der Waals surface area contributed by atoms with E-state index in [0.29, 0.717) is 11.7 Å². The molecule has 0 aromatic carbocycles. The lowest BCUT2D eigenvalue weighted by Crippen LogP contribution is -2.32. The summed E-state index contributed by atoms with van der Waals surface area (Å²) in [6.07, 6.45) is 4.00. The predicted molar refractivity (Wildman–Crippen MR) is 70.7 cm³/mol. The van der Waals surface area contributed by atoms with Crippen LogP contribution in [-0.2, 0) is 10.0 Å². The molecule has 1 fully saturated rings. The number of nitrogens with one attached hydrogen (secondary N) is 1. The molecule has 0 atom stereocenters. The Morgan fingerprint density at radius 3 is 2.78 bits per heavy atom. The monoisotopic (exact) mass is 335 g/mol. The molecule has 6 nitrogen and oxygen atoms in total. The largest absolute Gasteiger partial charge is 0.350 e. The van der Waals surface area contributed by atoms with Gasteiger partial charge in [-0.2, -0.15) is 0 Å². The minimum absolute atomic E-state index is 0.0190. The molecule has 100 valence electrons. The third kappa shape index (κ3) is 3.56. The van der Waals surface area contributed by atoms with E-state index in [1.807, 2.05) is 10.8 Å². The summed E-state index contributed by atoms with van der Waals surface area (Å²) >= 11 is 3.33. The van der Waals surface area contributed by atoms with Crippen LogP contribution in [0.25, 0.3) is 0 Å². The van der Waals surface area contributed by atoms with Crippen LogP contribution in [0.15, 0.2) is 16.7 Å². The van der Waals surface area contributed by atoms with Crippen LogP contribution < -0.4 is 10.5 Å². The first-order valence-corrected chi connectivity index (χ1v) is 8.04. The molecule has 1 amide bonds. The Morgan fingerprint density at radius 1 is 1.56 bits per heavy atom. The summed E-state index contributed by atoms with van der Waals surface area (Å²) in [6.45, 7) is 0.0190. The van der Waals surface area contributed by atoms with Gasteiger partial charge in [-0.3, -0.25) is 4.79 Å². The molecule has 1 saturated carbocycles. The van der Waals surface area contributed by atoms with E-state index < -0.39 is 10.0 Å². The van der Waals surface area contributed by atoms with Gasteiger partial charge in [0.05, 0.1) is 5.75 Å². The molecule has 0 saturated heterocycles. The maximum atomic E-state index is 11.9. The minimum Gasteiger partial charge on any atom is -0.350 e. The van der Waals surface area contributed by atoms with Crippen LogP contribution >= 0.6 is 15.9 Å². The Balaban J connectivity index is 2.00. The summed E-state index contributed by atoms with van der Waals surface area (Å²) in [5, 5.41) is 7.41. The van der Waals surface area contributed by atoms with Crippen LogP contribution in [0.1, 0.15) is 29.4 Å². The third-order valence-corrected chi connectivity index (χ3v) is 3.87. The Morgan fingerprint density at radius 2 is 2.22 bits per heavy atom. The molecule has 8 heteroatoms. The van der Waals surface area contributed by atoms with E-state index in [4.69, 9.17) is 5.14 Å². The Hall–Kier alpha value is -0.860. The van der Waals surface area contributed by atoms with Gasteiger partial charge in [-0.05, 0) is 34.8 Å². The molecule has 1 aromatic rings. The second kappa shape index (κ2) is 5.02. The number of primary sulfonamides is 1. The molecule has 1 aliphatic carbocycles. The van der Waals surface area contributed by atoms with Crippen molar-refractivity contribution in [2.24, 2.45) is 5.14 Å². The number of hydrogen-bond donors (Lipinski definition) is 2. The number of carbonyl (C=O) groups is 1. The van der Waals surface area contributed by atoms with E-state index in [1.54, 1.807) is 6.07 Å². The van der Waals surface area contributed by atoms with Gasteiger partial charge in [0, 0.05) is 23.3 Å². The van der Waals surface area contributed by atoms with E-state index in [-0.39, 0.29) is 18.2 Å². The number of nitrogens with zero attached hydrogens (tertiary/aromatic N) is 1. The number of rotatable bonds is 5. The maximum Gasteiger partial charge on any atom is 0.267 e. The molecular formula is C10H14BrN3O3S. The fraction of sp³-hybridized carbons (Fsp3) is 0.500. The van der Waals surface area contributed by atoms with E-state index >= 15 is 0 Å². The van der Waals surface area contributed by atoms with Crippen molar-refractivity contribution >= 4 is 31.9 Å². The highest BCUT2D eigenvalue weighted by atomic mass is 79.9. The minimum atomic E-state index is -3.54. The SMILES string of the molecule is NS(=O)(=O)CCNC(=O)c1cc(Br)cn1C1CC1. The smallest absolute Gasteiger partial charge is 0.267 e. The van der Waals surface area contributed by atoms with Crippen molar-refractivity contribution in [3.63, 3.8) is 0 Å². The molecule has 0 aliphatic heterocycles. The molecule has 0 spiro atoms. The first-order chi connectivity index (χ1) is 8.37. The third-order valence-electron chi connectivity index (χ3n) is 2.66. The van der Waals surface area contributed by atoms with Crippen molar-refractivity contribution < 1.29 is 13.2 Å². The van der Waals surface area contributed by atoms with Gasteiger partial charge in [0.15, 0.2) is 0 Å². The van der Waals surface area contributed by atoms with Crippen molar-refractivity contribution in [2.45, 2.75) is 18.9 Å². The molecule has 0 unspecified atom stereocenters. The van der Waals surface area contributed by atoms with Crippen molar-refractivity contribution in [1.82, 2.24) is 9.88 Å². The highest BCUT2D eigenvalue weighted by Gasteiger charge is 2.27. The quantitative estimate of drug-likeness (QED) is 0.825. The average Bonchev–Trinajstić information content (AvgIpc) is 3.00. The van der Waals surface area contributed by atoms with Gasteiger partial charge in [0.2, 0.25) is 10.0 Å². The zero-order valence-corrected chi connectivity index (χ0v) is 12.0. The van der Waals surface area contributed by atoms with Gasteiger partial charge in [0.1, 0.15) is 5.69 Å². The van der Waals surface area contributed by atoms with Gasteiger partial charge in [0.25, 0.3) is 5.91 Å². The van der Waals surface area contributed by atoms with Crippen LogP contribution in [0.2, 0.25) is 0 Å². The highest BCUT2D eigenvalue weighted by molar-refractivity contribution is 9.10. The molecule has 1 heterocycles. The first kappa shape index (κ1) is 13.6. The zero-order valence-electron chi connectivity index (χ0n) is 9.60. The number of nitrogens with two attached hydrogens (primary N) is 1. The molecular weight excluding hydrogens is 322 g/mol. The fourth-order valence-electron chi connectivity index (χ4n) is 1.68. The van der Waals surface area contributed by atoms with Gasteiger partial charge >= 0.3 is 0 Å². The second-order valence-corrected chi connectivity index (χ2v) is 6.95. The number of amides is 1. The van der Waals surface area contributed by atoms with Crippen LogP contribution in [0.4, 0.5) is 0 Å². The first-order valence-electron chi connectivity index (χ1n) is 5.53. The second-order valence-electron chi connectivity index (χ2n) is 4.30. The van der Waals surface area contributed by atoms with E-state index in [9.17, 15) is 13.2 Å². The summed E-state index contributed by atoms with van der Waals surface area (Å²) in [5.74, 6) is -0.541. The fourth-order valence-corrected chi connectivity index (χ4v) is 2.50. The van der Waals surface area contributed by atoms with Crippen molar-refractivity contribution in [3.8, 4) is 0 Å². The van der Waals surface area contributed by atoms with Crippen molar-refractivity contribution in [3.05, 3.63) is 22.4 Å². The molecule has 3 N–H and O–H groups in total. The molecule has 2 rings (SSSR count). The summed E-state index contributed by atoms with van der Waals surface area (Å²) in [4.78, 5) is 11.9. The Bertz CT molecular complexity index is 563. The molecule has 0 radical (unpaired) electrons. The van der Waals surface area contributed by atoms with E-state index in [1.165, 1.54) is 0 Å². The number of aromatic nitrogens is 1. The van der Waals surface area contributed by atoms with Gasteiger partial charge in [-0.1, -0.05) is 0 Å². The maximum absolute atomic E-state index is 11.9. The molecule has 1 aromatic heterocycles. The molecule has 18 heavy (non-hydrogen) atoms. The normalized spacial score (nSPS) is 15.7. The van der Waals surface area contributed by atoms with E-state index in [0.717, 1.165) is 17.3 Å². The lowest BCUT2D eigenvalue weighted by molar-refractivity contribution is 0.0946. The molecule has 1 aliphatic rings. The molecule has 0 bridgehead atoms. The van der Waals surface area contributed by atoms with Crippen LogP contribution in [0.5, 0.6) is 0 Å². The average molecular weight is 336 g/mol. The van der Waals surface area contributed by atoms with Gasteiger partial charge in [-0.25, -0.2) is 13.6 Å². The Kier molecular flexibility index (Phi) is 3.79. The topological polar surface area (TPSA) is 94.2 Å². The number of sulfonamides is 1. The summed E-state index contributed by atoms with van der Waals surface area (Å²) in [7, 11) is -3.54. The number of halogens is 1. The summed E-state index contributed by atoms with van der Waals surface area (Å²) in [5.41, 5.74) is 0.541. The van der Waals surface area contributed by atoms with Gasteiger partial charge in [-0.15, -0.1) is 0 Å². The number of hydrogen-bond acceptors (Lipinski definition) is 3. The van der Waals surface area contributed by atoms with E-state index in [2.05, 4.69) is 21.2 Å². The van der Waals surface area contributed by atoms with Crippen LogP contribution in [0, 0.1) is 0 Å². The predicted octanol–water partition coefficient (Wildman–Crippen LogP) is 0.604. The van der Waals surface area contributed by atoms with Crippen LogP contribution in [0.3, 0.4) is 0 Å². The Labute approximate surface area is 114 Å². The lowest BCUT2D eigenvalue weighted by Gasteiger charge is -2.07. The summed E-state index contributed by atoms with van der Waals surface area (Å²) < 4.78 is 24.3. The number of carbonyl (C=O) groups excluding carboxylic acids is 1. The highest BCUT2D eigenvalue weighted by Crippen LogP contribution is 2.37.